The van der Waals surface area contributed by atoms with E-state index < -0.39 is 0 Å². The number of nitrogen functional groups attached to an aromatic ring is 1. The third-order valence-electron chi connectivity index (χ3n) is 5.93. The number of piperidine rings is 1. The molecule has 0 bridgehead atoms. The van der Waals surface area contributed by atoms with Gasteiger partial charge in [-0.3, -0.25) is 4.40 Å². The van der Waals surface area contributed by atoms with Crippen molar-refractivity contribution in [2.45, 2.75) is 39.5 Å². The molecule has 1 aromatic carbocycles. The molecule has 0 saturated carbocycles. The van der Waals surface area contributed by atoms with Crippen molar-refractivity contribution in [1.29, 1.82) is 0 Å². The molecule has 3 heterocycles. The van der Waals surface area contributed by atoms with Gasteiger partial charge in [0.15, 0.2) is 0 Å². The van der Waals surface area contributed by atoms with Crippen LogP contribution in [0.2, 0.25) is 0 Å². The highest BCUT2D eigenvalue weighted by Crippen LogP contribution is 2.26. The fraction of sp³-hybridized carbons (Fsp3) is 0.524. The molecular formula is C21H28FN5. The van der Waals surface area contributed by atoms with Crippen LogP contribution in [-0.4, -0.2) is 38.9 Å². The molecule has 2 aromatic heterocycles. The number of fused-ring (bicyclic) bond motifs is 3. The van der Waals surface area contributed by atoms with Crippen molar-refractivity contribution >= 4 is 22.5 Å². The zero-order valence-electron chi connectivity index (χ0n) is 16.2. The van der Waals surface area contributed by atoms with Gasteiger partial charge in [0, 0.05) is 18.1 Å². The Kier molecular flexibility index (Phi) is 5.00. The highest BCUT2D eigenvalue weighted by Gasteiger charge is 2.22. The minimum Gasteiger partial charge on any atom is -0.369 e. The van der Waals surface area contributed by atoms with Crippen LogP contribution in [0.3, 0.4) is 0 Å². The molecule has 0 amide bonds. The van der Waals surface area contributed by atoms with Gasteiger partial charge in [-0.15, -0.1) is 0 Å². The van der Waals surface area contributed by atoms with E-state index in [9.17, 15) is 4.39 Å². The number of nitrogens with two attached hydrogens (primary N) is 1. The third-order valence-corrected chi connectivity index (χ3v) is 5.93. The number of rotatable bonds is 5. The van der Waals surface area contributed by atoms with E-state index in [4.69, 9.17) is 10.7 Å². The lowest BCUT2D eigenvalue weighted by Gasteiger charge is -2.33. The lowest BCUT2D eigenvalue weighted by atomic mass is 9.92. The zero-order chi connectivity index (χ0) is 19.0. The predicted octanol–water partition coefficient (Wildman–Crippen LogP) is 3.90. The molecule has 0 radical (unpaired) electrons. The van der Waals surface area contributed by atoms with Gasteiger partial charge in [0.25, 0.3) is 0 Å². The molecule has 1 unspecified atom stereocenters. The van der Waals surface area contributed by atoms with Gasteiger partial charge < -0.3 is 10.6 Å². The second kappa shape index (κ2) is 7.43. The van der Waals surface area contributed by atoms with E-state index in [1.165, 1.54) is 45.0 Å². The smallest absolute Gasteiger partial charge is 0.206 e. The molecule has 5 nitrogen and oxygen atoms in total. The van der Waals surface area contributed by atoms with Gasteiger partial charge in [-0.05, 0) is 56.3 Å². The van der Waals surface area contributed by atoms with E-state index in [-0.39, 0.29) is 17.3 Å². The molecule has 27 heavy (non-hydrogen) atoms. The first-order valence-electron chi connectivity index (χ1n) is 9.99. The Bertz CT molecular complexity index is 943. The van der Waals surface area contributed by atoms with Gasteiger partial charge in [0.1, 0.15) is 17.0 Å². The number of aromatic nitrogens is 3. The molecule has 0 spiro atoms. The Morgan fingerprint density at radius 2 is 2.04 bits per heavy atom. The molecular weight excluding hydrogens is 341 g/mol. The summed E-state index contributed by atoms with van der Waals surface area (Å²) >= 11 is 0. The highest BCUT2D eigenvalue weighted by molar-refractivity contribution is 5.92. The molecule has 6 heteroatoms. The minimum absolute atomic E-state index is 0.282. The molecule has 1 aliphatic rings. The Labute approximate surface area is 159 Å². The van der Waals surface area contributed by atoms with Gasteiger partial charge in [0.2, 0.25) is 5.95 Å². The highest BCUT2D eigenvalue weighted by atomic mass is 19.1. The van der Waals surface area contributed by atoms with Crippen LogP contribution in [0.25, 0.3) is 16.6 Å². The van der Waals surface area contributed by atoms with Gasteiger partial charge in [-0.2, -0.15) is 0 Å². The number of hydrogen-bond donors (Lipinski definition) is 1. The quantitative estimate of drug-likeness (QED) is 0.741. The first kappa shape index (κ1) is 18.2. The van der Waals surface area contributed by atoms with Gasteiger partial charge in [0.05, 0.1) is 5.69 Å². The van der Waals surface area contributed by atoms with Crippen LogP contribution in [0, 0.1) is 17.7 Å². The summed E-state index contributed by atoms with van der Waals surface area (Å²) in [7, 11) is 0. The van der Waals surface area contributed by atoms with Crippen molar-refractivity contribution in [1.82, 2.24) is 19.3 Å². The Balaban J connectivity index is 1.51. The van der Waals surface area contributed by atoms with Crippen molar-refractivity contribution in [3.05, 3.63) is 35.9 Å². The molecule has 1 atom stereocenters. The standard InChI is InChI=1S/C21H28FN5/c1-3-14(2)12-26-9-7-15(8-10-26)11-16-13-27-20(24-16)17-5-4-6-18(22)19(17)25-21(27)23/h4-6,13-15H,3,7-12H2,1-2H3,(H2,23,25). The predicted molar refractivity (Wildman–Crippen MR) is 107 cm³/mol. The number of para-hydroxylation sites is 1. The van der Waals surface area contributed by atoms with Crippen LogP contribution >= 0.6 is 0 Å². The number of halogens is 1. The molecule has 144 valence electrons. The Morgan fingerprint density at radius 1 is 1.26 bits per heavy atom. The van der Waals surface area contributed by atoms with Crippen molar-refractivity contribution in [2.24, 2.45) is 11.8 Å². The largest absolute Gasteiger partial charge is 0.369 e. The van der Waals surface area contributed by atoms with E-state index in [1.807, 2.05) is 12.3 Å². The van der Waals surface area contributed by atoms with Gasteiger partial charge in [-0.1, -0.05) is 26.3 Å². The average molecular weight is 369 g/mol. The van der Waals surface area contributed by atoms with Crippen LogP contribution in [0.4, 0.5) is 10.3 Å². The van der Waals surface area contributed by atoms with Crippen LogP contribution in [0.5, 0.6) is 0 Å². The Hall–Kier alpha value is -2.21. The zero-order valence-corrected chi connectivity index (χ0v) is 16.2. The normalized spacial score (nSPS) is 17.7. The first-order chi connectivity index (χ1) is 13.0. The number of benzene rings is 1. The maximum Gasteiger partial charge on any atom is 0.206 e. The van der Waals surface area contributed by atoms with Gasteiger partial charge >= 0.3 is 0 Å². The monoisotopic (exact) mass is 369 g/mol. The number of likely N-dealkylation sites (tertiary alicyclic amines) is 1. The van der Waals surface area contributed by atoms with Crippen LogP contribution in [0.15, 0.2) is 24.4 Å². The number of nitrogens with zero attached hydrogens (tertiary/aromatic N) is 4. The minimum atomic E-state index is -0.361. The number of anilines is 1. The number of imidazole rings is 1. The summed E-state index contributed by atoms with van der Waals surface area (Å²) < 4.78 is 15.9. The van der Waals surface area contributed by atoms with Crippen molar-refractivity contribution in [3.8, 4) is 0 Å². The Morgan fingerprint density at radius 3 is 2.78 bits per heavy atom. The lowest BCUT2D eigenvalue weighted by molar-refractivity contribution is 0.162. The molecule has 1 saturated heterocycles. The summed E-state index contributed by atoms with van der Waals surface area (Å²) in [5.41, 5.74) is 8.05. The topological polar surface area (TPSA) is 59.5 Å². The SMILES string of the molecule is CCC(C)CN1CCC(Cc2cn3c(N)nc4c(F)cccc4c3n2)CC1. The maximum atomic E-state index is 14.1. The van der Waals surface area contributed by atoms with E-state index >= 15 is 0 Å². The average Bonchev–Trinajstić information content (AvgIpc) is 3.09. The van der Waals surface area contributed by atoms with E-state index in [2.05, 4.69) is 23.7 Å². The van der Waals surface area contributed by atoms with E-state index in [1.54, 1.807) is 10.5 Å². The van der Waals surface area contributed by atoms with Crippen LogP contribution < -0.4 is 5.73 Å². The van der Waals surface area contributed by atoms with E-state index in [0.717, 1.165) is 18.0 Å². The summed E-state index contributed by atoms with van der Waals surface area (Å²) in [6.45, 7) is 8.13. The van der Waals surface area contributed by atoms with Crippen LogP contribution in [-0.2, 0) is 6.42 Å². The second-order valence-corrected chi connectivity index (χ2v) is 7.99. The maximum absolute atomic E-state index is 14.1. The molecule has 1 aliphatic heterocycles. The molecule has 3 aromatic rings. The van der Waals surface area contributed by atoms with Crippen molar-refractivity contribution < 1.29 is 4.39 Å². The summed E-state index contributed by atoms with van der Waals surface area (Å²) in [5.74, 6) is 1.33. The molecule has 2 N–H and O–H groups in total. The molecule has 1 fully saturated rings. The van der Waals surface area contributed by atoms with Crippen molar-refractivity contribution in [2.75, 3.05) is 25.4 Å². The number of hydrogen-bond acceptors (Lipinski definition) is 4. The second-order valence-electron chi connectivity index (χ2n) is 7.99. The third kappa shape index (κ3) is 3.63. The fourth-order valence-electron chi connectivity index (χ4n) is 4.11. The molecule has 4 rings (SSSR count). The van der Waals surface area contributed by atoms with E-state index in [0.29, 0.717) is 17.0 Å². The first-order valence-corrected chi connectivity index (χ1v) is 9.99. The summed E-state index contributed by atoms with van der Waals surface area (Å²) in [6.07, 6.45) is 6.55. The van der Waals surface area contributed by atoms with Gasteiger partial charge in [-0.25, -0.2) is 14.4 Å². The lowest BCUT2D eigenvalue weighted by Crippen LogP contribution is -2.37. The summed E-state index contributed by atoms with van der Waals surface area (Å²) in [5, 5.41) is 0.707. The summed E-state index contributed by atoms with van der Waals surface area (Å²) in [4.78, 5) is 11.6. The molecule has 0 aliphatic carbocycles. The fourth-order valence-corrected chi connectivity index (χ4v) is 4.11. The van der Waals surface area contributed by atoms with Crippen LogP contribution in [0.1, 0.15) is 38.8 Å². The summed E-state index contributed by atoms with van der Waals surface area (Å²) in [6, 6.07) is 4.95. The van der Waals surface area contributed by atoms with Crippen molar-refractivity contribution in [3.63, 3.8) is 0 Å².